The Morgan fingerprint density at radius 1 is 1.26 bits per heavy atom. The van der Waals surface area contributed by atoms with Crippen LogP contribution in [0.1, 0.15) is 36.1 Å². The van der Waals surface area contributed by atoms with E-state index in [1.165, 1.54) is 11.3 Å². The summed E-state index contributed by atoms with van der Waals surface area (Å²) < 4.78 is 6.59. The second kappa shape index (κ2) is 8.85. The Labute approximate surface area is 173 Å². The van der Waals surface area contributed by atoms with Crippen LogP contribution in [-0.2, 0) is 12.8 Å². The van der Waals surface area contributed by atoms with Crippen LogP contribution in [0, 0.1) is 17.2 Å². The number of nitriles is 1. The van der Waals surface area contributed by atoms with Crippen molar-refractivity contribution in [1.29, 1.82) is 5.26 Å². The summed E-state index contributed by atoms with van der Waals surface area (Å²) in [6, 6.07) is 4.78. The minimum atomic E-state index is 0. The third-order valence-electron chi connectivity index (χ3n) is 5.01. The quantitative estimate of drug-likeness (QED) is 0.707. The monoisotopic (exact) mass is 449 g/mol. The molecule has 1 saturated heterocycles. The van der Waals surface area contributed by atoms with Gasteiger partial charge in [-0.3, -0.25) is 0 Å². The van der Waals surface area contributed by atoms with E-state index in [2.05, 4.69) is 36.9 Å². The van der Waals surface area contributed by atoms with Crippen molar-refractivity contribution in [3.05, 3.63) is 39.8 Å². The molecule has 3 heterocycles. The lowest BCUT2D eigenvalue weighted by Gasteiger charge is -2.34. The minimum absolute atomic E-state index is 0. The van der Waals surface area contributed by atoms with Crippen molar-refractivity contribution in [2.45, 2.75) is 32.1 Å². The molecule has 1 aliphatic heterocycles. The molecule has 2 aliphatic rings. The van der Waals surface area contributed by atoms with E-state index in [4.69, 9.17) is 9.72 Å². The summed E-state index contributed by atoms with van der Waals surface area (Å²) in [7, 11) is 0. The van der Waals surface area contributed by atoms with Crippen LogP contribution in [-0.4, -0.2) is 34.6 Å². The largest absolute Gasteiger partial charge is 0.463 e. The van der Waals surface area contributed by atoms with Crippen molar-refractivity contribution in [1.82, 2.24) is 15.0 Å². The van der Waals surface area contributed by atoms with Crippen LogP contribution in [0.3, 0.4) is 0 Å². The second-order valence-corrected chi connectivity index (χ2v) is 7.80. The van der Waals surface area contributed by atoms with E-state index in [1.54, 1.807) is 12.4 Å². The number of piperidine rings is 1. The summed E-state index contributed by atoms with van der Waals surface area (Å²) in [5.74, 6) is 1.22. The number of rotatable bonds is 4. The molecule has 0 saturated carbocycles. The van der Waals surface area contributed by atoms with Gasteiger partial charge in [-0.1, -0.05) is 0 Å². The molecule has 0 aromatic carbocycles. The first kappa shape index (κ1) is 19.8. The van der Waals surface area contributed by atoms with E-state index in [-0.39, 0.29) is 12.4 Å². The number of pyridine rings is 1. The highest BCUT2D eigenvalue weighted by Crippen LogP contribution is 2.30. The molecule has 2 aromatic rings. The van der Waals surface area contributed by atoms with Crippen LogP contribution in [0.4, 0.5) is 5.82 Å². The summed E-state index contributed by atoms with van der Waals surface area (Å²) in [5.41, 5.74) is 3.11. The first-order chi connectivity index (χ1) is 12.7. The summed E-state index contributed by atoms with van der Waals surface area (Å²) in [6.07, 6.45) is 8.74. The maximum absolute atomic E-state index is 9.56. The summed E-state index contributed by atoms with van der Waals surface area (Å²) in [6.45, 7) is 2.35. The first-order valence-corrected chi connectivity index (χ1v) is 9.80. The maximum Gasteiger partial charge on any atom is 0.316 e. The van der Waals surface area contributed by atoms with Crippen molar-refractivity contribution in [3.63, 3.8) is 0 Å². The van der Waals surface area contributed by atoms with Crippen molar-refractivity contribution in [2.75, 3.05) is 24.6 Å². The SMILES string of the molecule is Cl.N#Cc1cc2c(nc1N1CCCC(COc3ncc(Br)cn3)C1)CCC2. The minimum Gasteiger partial charge on any atom is -0.463 e. The van der Waals surface area contributed by atoms with Crippen molar-refractivity contribution in [2.24, 2.45) is 5.92 Å². The lowest BCUT2D eigenvalue weighted by Crippen LogP contribution is -2.38. The van der Waals surface area contributed by atoms with E-state index in [1.807, 2.05) is 6.07 Å². The van der Waals surface area contributed by atoms with Crippen LogP contribution in [0.25, 0.3) is 0 Å². The van der Waals surface area contributed by atoms with Gasteiger partial charge in [0.15, 0.2) is 0 Å². The fraction of sp³-hybridized carbons (Fsp3) is 0.474. The Bertz CT molecular complexity index is 839. The van der Waals surface area contributed by atoms with E-state index < -0.39 is 0 Å². The highest BCUT2D eigenvalue weighted by atomic mass is 79.9. The zero-order valence-electron chi connectivity index (χ0n) is 14.9. The van der Waals surface area contributed by atoms with Gasteiger partial charge in [0.2, 0.25) is 0 Å². The molecule has 8 heteroatoms. The van der Waals surface area contributed by atoms with Crippen LogP contribution >= 0.6 is 28.3 Å². The average molecular weight is 451 g/mol. The van der Waals surface area contributed by atoms with E-state index in [9.17, 15) is 5.26 Å². The molecule has 0 N–H and O–H groups in total. The zero-order valence-corrected chi connectivity index (χ0v) is 17.3. The van der Waals surface area contributed by atoms with Gasteiger partial charge in [-0.25, -0.2) is 15.0 Å². The topological polar surface area (TPSA) is 74.9 Å². The Hall–Kier alpha value is -1.91. The van der Waals surface area contributed by atoms with Gasteiger partial charge in [-0.2, -0.15) is 5.26 Å². The third-order valence-corrected chi connectivity index (χ3v) is 5.42. The predicted octanol–water partition coefficient (Wildman–Crippen LogP) is 3.71. The van der Waals surface area contributed by atoms with Gasteiger partial charge in [-0.15, -0.1) is 12.4 Å². The Kier molecular flexibility index (Phi) is 6.51. The van der Waals surface area contributed by atoms with Crippen molar-refractivity contribution >= 4 is 34.2 Å². The molecule has 1 fully saturated rings. The number of fused-ring (bicyclic) bond motifs is 1. The van der Waals surface area contributed by atoms with E-state index >= 15 is 0 Å². The number of aryl methyl sites for hydroxylation is 2. The Balaban J connectivity index is 0.00000210. The fourth-order valence-electron chi connectivity index (χ4n) is 3.75. The molecule has 0 bridgehead atoms. The molecule has 6 nitrogen and oxygen atoms in total. The molecule has 4 rings (SSSR count). The van der Waals surface area contributed by atoms with Crippen LogP contribution in [0.15, 0.2) is 22.9 Å². The first-order valence-electron chi connectivity index (χ1n) is 9.01. The molecule has 0 radical (unpaired) electrons. The number of nitrogens with zero attached hydrogens (tertiary/aromatic N) is 5. The van der Waals surface area contributed by atoms with Crippen LogP contribution in [0.2, 0.25) is 0 Å². The number of hydrogen-bond acceptors (Lipinski definition) is 6. The Morgan fingerprint density at radius 2 is 2.07 bits per heavy atom. The molecule has 0 spiro atoms. The molecule has 2 aromatic heterocycles. The standard InChI is InChI=1S/C19H20BrN5O.ClH/c20-16-9-22-19(23-10-16)26-12-13-3-2-6-25(11-13)18-15(8-21)7-14-4-1-5-17(14)24-18;/h7,9-10,13H,1-6,11-12H2;1H. The number of hydrogen-bond donors (Lipinski definition) is 0. The molecule has 0 amide bonds. The number of anilines is 1. The molecular formula is C19H21BrClN5O. The molecular weight excluding hydrogens is 430 g/mol. The normalized spacial score (nSPS) is 18.4. The molecule has 142 valence electrons. The van der Waals surface area contributed by atoms with Gasteiger partial charge in [0.25, 0.3) is 0 Å². The average Bonchev–Trinajstić information content (AvgIpc) is 3.14. The molecule has 1 atom stereocenters. The Morgan fingerprint density at radius 3 is 2.85 bits per heavy atom. The number of aromatic nitrogens is 3. The van der Waals surface area contributed by atoms with Gasteiger partial charge in [0.05, 0.1) is 16.6 Å². The lowest BCUT2D eigenvalue weighted by atomic mass is 9.98. The van der Waals surface area contributed by atoms with Gasteiger partial charge < -0.3 is 9.64 Å². The highest BCUT2D eigenvalue weighted by Gasteiger charge is 2.25. The number of halogens is 2. The maximum atomic E-state index is 9.56. The lowest BCUT2D eigenvalue weighted by molar-refractivity contribution is 0.213. The van der Waals surface area contributed by atoms with E-state index in [0.29, 0.717) is 24.1 Å². The van der Waals surface area contributed by atoms with Crippen LogP contribution in [0.5, 0.6) is 6.01 Å². The van der Waals surface area contributed by atoms with Crippen molar-refractivity contribution in [3.8, 4) is 12.1 Å². The summed E-state index contributed by atoms with van der Waals surface area (Å²) in [5, 5.41) is 9.56. The summed E-state index contributed by atoms with van der Waals surface area (Å²) in [4.78, 5) is 15.4. The fourth-order valence-corrected chi connectivity index (χ4v) is 3.95. The third kappa shape index (κ3) is 4.50. The van der Waals surface area contributed by atoms with Gasteiger partial charge in [0, 0.05) is 37.1 Å². The van der Waals surface area contributed by atoms with Gasteiger partial charge >= 0.3 is 6.01 Å². The van der Waals surface area contributed by atoms with Gasteiger partial charge in [-0.05, 0) is 59.7 Å². The molecule has 1 unspecified atom stereocenters. The highest BCUT2D eigenvalue weighted by molar-refractivity contribution is 9.10. The smallest absolute Gasteiger partial charge is 0.316 e. The number of ether oxygens (including phenoxy) is 1. The molecule has 1 aliphatic carbocycles. The zero-order chi connectivity index (χ0) is 17.9. The van der Waals surface area contributed by atoms with Gasteiger partial charge in [0.1, 0.15) is 11.9 Å². The second-order valence-electron chi connectivity index (χ2n) is 6.88. The molecule has 27 heavy (non-hydrogen) atoms. The van der Waals surface area contributed by atoms with E-state index in [0.717, 1.165) is 55.5 Å². The summed E-state index contributed by atoms with van der Waals surface area (Å²) >= 11 is 3.32. The van der Waals surface area contributed by atoms with Crippen LogP contribution < -0.4 is 9.64 Å². The predicted molar refractivity (Wildman–Crippen MR) is 108 cm³/mol. The van der Waals surface area contributed by atoms with Crippen molar-refractivity contribution < 1.29 is 4.74 Å².